The van der Waals surface area contributed by atoms with Crippen LogP contribution in [0.5, 0.6) is 0 Å². The topological polar surface area (TPSA) is 158 Å². The van der Waals surface area contributed by atoms with Crippen LogP contribution in [0.1, 0.15) is 26.2 Å². The summed E-state index contributed by atoms with van der Waals surface area (Å²) in [7, 11) is 0. The average Bonchev–Trinajstić information content (AvgIpc) is 2.86. The molecule has 3 rings (SSSR count). The smallest absolute Gasteiger partial charge is 0.409 e. The zero-order valence-electron chi connectivity index (χ0n) is 19.9. The molecule has 4 amide bonds. The molecule has 0 saturated carbocycles. The molecule has 192 valence electrons. The fourth-order valence-corrected chi connectivity index (χ4v) is 3.78. The Morgan fingerprint density at radius 1 is 1.00 bits per heavy atom. The lowest BCUT2D eigenvalue weighted by Crippen LogP contribution is -2.56. The van der Waals surface area contributed by atoms with Crippen molar-refractivity contribution in [2.75, 3.05) is 38.1 Å². The minimum atomic E-state index is -1.12. The Kier molecular flexibility index (Phi) is 9.14. The van der Waals surface area contributed by atoms with Crippen molar-refractivity contribution < 1.29 is 33.8 Å². The molecule has 1 fully saturated rings. The normalized spacial score (nSPS) is 14.1. The van der Waals surface area contributed by atoms with Gasteiger partial charge in [-0.1, -0.05) is 18.2 Å². The number of fused-ring (bicyclic) bond motifs is 1. The Balaban J connectivity index is 1.56. The minimum Gasteiger partial charge on any atom is -0.481 e. The van der Waals surface area contributed by atoms with Crippen molar-refractivity contribution in [3.05, 3.63) is 36.4 Å². The molecule has 12 nitrogen and oxygen atoms in total. The summed E-state index contributed by atoms with van der Waals surface area (Å²) in [5.74, 6) is -2.64. The van der Waals surface area contributed by atoms with Gasteiger partial charge in [0.2, 0.25) is 17.7 Å². The molecule has 1 aliphatic rings. The highest BCUT2D eigenvalue weighted by molar-refractivity contribution is 6.04. The number of hydrogen-bond acceptors (Lipinski definition) is 7. The van der Waals surface area contributed by atoms with Crippen molar-refractivity contribution in [3.8, 4) is 0 Å². The van der Waals surface area contributed by atoms with Gasteiger partial charge < -0.3 is 30.3 Å². The quantitative estimate of drug-likeness (QED) is 0.434. The molecule has 36 heavy (non-hydrogen) atoms. The summed E-state index contributed by atoms with van der Waals surface area (Å²) < 4.78 is 4.96. The van der Waals surface area contributed by atoms with E-state index in [1.165, 1.54) is 9.80 Å². The second-order valence-electron chi connectivity index (χ2n) is 8.18. The number of rotatable bonds is 9. The van der Waals surface area contributed by atoms with E-state index in [0.29, 0.717) is 5.52 Å². The molecule has 0 spiro atoms. The third kappa shape index (κ3) is 7.39. The second-order valence-corrected chi connectivity index (χ2v) is 8.18. The molecule has 1 aromatic carbocycles. The second kappa shape index (κ2) is 12.5. The maximum Gasteiger partial charge on any atom is 0.409 e. The molecule has 3 N–H and O–H groups in total. The Morgan fingerprint density at radius 3 is 2.39 bits per heavy atom. The van der Waals surface area contributed by atoms with Crippen molar-refractivity contribution in [2.45, 2.75) is 32.2 Å². The third-order valence-electron chi connectivity index (χ3n) is 5.58. The van der Waals surface area contributed by atoms with Crippen LogP contribution in [0.25, 0.3) is 10.9 Å². The van der Waals surface area contributed by atoms with Gasteiger partial charge in [-0.2, -0.15) is 0 Å². The summed E-state index contributed by atoms with van der Waals surface area (Å²) in [5, 5.41) is 15.0. The Morgan fingerprint density at radius 2 is 1.69 bits per heavy atom. The highest BCUT2D eigenvalue weighted by Gasteiger charge is 2.31. The number of pyridine rings is 1. The van der Waals surface area contributed by atoms with E-state index < -0.39 is 42.2 Å². The molecular formula is C24H29N5O7. The first-order chi connectivity index (χ1) is 17.3. The van der Waals surface area contributed by atoms with Crippen LogP contribution >= 0.6 is 0 Å². The molecule has 1 aromatic heterocycles. The molecule has 2 heterocycles. The van der Waals surface area contributed by atoms with Gasteiger partial charge in [0.15, 0.2) is 0 Å². The number of para-hydroxylation sites is 1. The van der Waals surface area contributed by atoms with Gasteiger partial charge in [0.25, 0.3) is 0 Å². The number of carboxylic acids is 1. The van der Waals surface area contributed by atoms with Gasteiger partial charge in [-0.25, -0.2) is 9.78 Å². The number of hydrogen-bond donors (Lipinski definition) is 3. The fourth-order valence-electron chi connectivity index (χ4n) is 3.78. The van der Waals surface area contributed by atoms with Crippen LogP contribution in [0.4, 0.5) is 10.6 Å². The maximum absolute atomic E-state index is 13.0. The lowest BCUT2D eigenvalue weighted by Gasteiger charge is -2.35. The number of nitrogens with zero attached hydrogens (tertiary/aromatic N) is 3. The average molecular weight is 500 g/mol. The van der Waals surface area contributed by atoms with Gasteiger partial charge >= 0.3 is 12.1 Å². The number of amides is 4. The van der Waals surface area contributed by atoms with Gasteiger partial charge in [0, 0.05) is 38.0 Å². The number of carbonyl (C=O) groups excluding carboxylic acids is 4. The molecule has 0 radical (unpaired) electrons. The van der Waals surface area contributed by atoms with Crippen LogP contribution in [0.15, 0.2) is 36.4 Å². The zero-order chi connectivity index (χ0) is 26.1. The number of aromatic nitrogens is 1. The van der Waals surface area contributed by atoms with Gasteiger partial charge in [-0.15, -0.1) is 0 Å². The summed E-state index contributed by atoms with van der Waals surface area (Å²) in [4.78, 5) is 68.1. The van der Waals surface area contributed by atoms with Crippen LogP contribution in [-0.2, 0) is 23.9 Å². The van der Waals surface area contributed by atoms with Gasteiger partial charge in [0.1, 0.15) is 18.3 Å². The summed E-state index contributed by atoms with van der Waals surface area (Å²) in [5.41, 5.74) is 0.683. The lowest BCUT2D eigenvalue weighted by atomic mass is 10.1. The van der Waals surface area contributed by atoms with E-state index in [9.17, 15) is 24.0 Å². The Labute approximate surface area is 207 Å². The summed E-state index contributed by atoms with van der Waals surface area (Å²) in [6.07, 6.45) is -1.51. The monoisotopic (exact) mass is 499 g/mol. The molecule has 1 atom stereocenters. The predicted octanol–water partition coefficient (Wildman–Crippen LogP) is 1.21. The minimum absolute atomic E-state index is 0.133. The van der Waals surface area contributed by atoms with Gasteiger partial charge in [0.05, 0.1) is 12.1 Å². The molecular weight excluding hydrogens is 470 g/mol. The number of carboxylic acid groups (broad SMARTS) is 1. The van der Waals surface area contributed by atoms with Crippen LogP contribution in [0.3, 0.4) is 0 Å². The van der Waals surface area contributed by atoms with E-state index in [-0.39, 0.29) is 51.4 Å². The first kappa shape index (κ1) is 26.4. The maximum atomic E-state index is 13.0. The van der Waals surface area contributed by atoms with Crippen molar-refractivity contribution in [3.63, 3.8) is 0 Å². The molecule has 0 bridgehead atoms. The molecule has 1 unspecified atom stereocenters. The van der Waals surface area contributed by atoms with E-state index in [4.69, 9.17) is 9.84 Å². The van der Waals surface area contributed by atoms with E-state index in [0.717, 1.165) is 5.39 Å². The largest absolute Gasteiger partial charge is 0.481 e. The zero-order valence-corrected chi connectivity index (χ0v) is 19.9. The first-order valence-electron chi connectivity index (χ1n) is 11.6. The van der Waals surface area contributed by atoms with Crippen LogP contribution in [0, 0.1) is 0 Å². The van der Waals surface area contributed by atoms with Crippen LogP contribution < -0.4 is 10.6 Å². The SMILES string of the molecule is CCOC(=O)N1CCN(C(=O)C(CCC(=O)O)NC(=O)CC(=O)Nc2ccc3ccccc3n2)CC1. The standard InChI is InChI=1S/C24H29N5O7/c1-2-36-24(35)29-13-11-28(12-14-29)23(34)18(8-10-22(32)33)26-20(30)15-21(31)27-19-9-7-16-5-3-4-6-17(16)25-19/h3-7,9,18H,2,8,10-15H2,1H3,(H,26,30)(H,32,33)(H,25,27,31). The van der Waals surface area contributed by atoms with Crippen molar-refractivity contribution in [2.24, 2.45) is 0 Å². The van der Waals surface area contributed by atoms with E-state index in [1.807, 2.05) is 18.2 Å². The molecule has 12 heteroatoms. The molecule has 2 aromatic rings. The third-order valence-corrected chi connectivity index (χ3v) is 5.58. The number of ether oxygens (including phenoxy) is 1. The highest BCUT2D eigenvalue weighted by Crippen LogP contribution is 2.15. The van der Waals surface area contributed by atoms with Gasteiger partial charge in [-0.05, 0) is 31.5 Å². The predicted molar refractivity (Wildman–Crippen MR) is 129 cm³/mol. The summed E-state index contributed by atoms with van der Waals surface area (Å²) in [6, 6.07) is 9.66. The number of nitrogens with one attached hydrogen (secondary N) is 2. The Hall–Kier alpha value is -4.22. The molecule has 1 saturated heterocycles. The molecule has 0 aliphatic carbocycles. The number of aliphatic carboxylic acids is 1. The van der Waals surface area contributed by atoms with E-state index in [1.54, 1.807) is 25.1 Å². The van der Waals surface area contributed by atoms with Crippen molar-refractivity contribution >= 4 is 46.5 Å². The molecule has 1 aliphatic heterocycles. The van der Waals surface area contributed by atoms with Crippen molar-refractivity contribution in [1.82, 2.24) is 20.1 Å². The van der Waals surface area contributed by atoms with Crippen molar-refractivity contribution in [1.29, 1.82) is 0 Å². The number of benzene rings is 1. The highest BCUT2D eigenvalue weighted by atomic mass is 16.6. The lowest BCUT2D eigenvalue weighted by molar-refractivity contribution is -0.141. The summed E-state index contributed by atoms with van der Waals surface area (Å²) in [6.45, 7) is 2.88. The van der Waals surface area contributed by atoms with Crippen LogP contribution in [0.2, 0.25) is 0 Å². The van der Waals surface area contributed by atoms with Crippen LogP contribution in [-0.4, -0.2) is 88.5 Å². The number of anilines is 1. The van der Waals surface area contributed by atoms with Gasteiger partial charge in [-0.3, -0.25) is 19.2 Å². The van der Waals surface area contributed by atoms with E-state index >= 15 is 0 Å². The Bertz CT molecular complexity index is 1130. The summed E-state index contributed by atoms with van der Waals surface area (Å²) >= 11 is 0. The number of piperazine rings is 1. The first-order valence-corrected chi connectivity index (χ1v) is 11.6. The fraction of sp³-hybridized carbons (Fsp3) is 0.417. The number of carbonyl (C=O) groups is 5. The van der Waals surface area contributed by atoms with E-state index in [2.05, 4.69) is 15.6 Å².